The standard InChI is InChI=1S/C7H14N2O3/c1-4-5(8-7(11)12)6(10)9(2)3/h5,8H,4H2,1-3H3,(H,11,12). The molecule has 0 radical (unpaired) electrons. The second-order valence-electron chi connectivity index (χ2n) is 2.64. The predicted octanol–water partition coefficient (Wildman–Crippen LogP) is 0.121. The summed E-state index contributed by atoms with van der Waals surface area (Å²) >= 11 is 0. The molecule has 70 valence electrons. The summed E-state index contributed by atoms with van der Waals surface area (Å²) in [7, 11) is 3.18. The van der Waals surface area contributed by atoms with Crippen molar-refractivity contribution >= 4 is 12.0 Å². The maximum absolute atomic E-state index is 11.2. The molecule has 0 saturated heterocycles. The van der Waals surface area contributed by atoms with Gasteiger partial charge in [0.2, 0.25) is 5.91 Å². The molecule has 1 atom stereocenters. The highest BCUT2D eigenvalue weighted by Gasteiger charge is 2.19. The van der Waals surface area contributed by atoms with E-state index in [2.05, 4.69) is 5.32 Å². The largest absolute Gasteiger partial charge is 0.465 e. The van der Waals surface area contributed by atoms with Crippen molar-refractivity contribution in [2.45, 2.75) is 19.4 Å². The summed E-state index contributed by atoms with van der Waals surface area (Å²) in [6, 6.07) is -0.627. The Kier molecular flexibility index (Phi) is 4.10. The van der Waals surface area contributed by atoms with Crippen LogP contribution in [0, 0.1) is 0 Å². The number of likely N-dealkylation sites (N-methyl/N-ethyl adjacent to an activating group) is 1. The van der Waals surface area contributed by atoms with E-state index < -0.39 is 12.1 Å². The monoisotopic (exact) mass is 174 g/mol. The number of hydrogen-bond acceptors (Lipinski definition) is 2. The fourth-order valence-electron chi connectivity index (χ4n) is 0.799. The Labute approximate surface area is 71.4 Å². The average molecular weight is 174 g/mol. The third kappa shape index (κ3) is 3.23. The first kappa shape index (κ1) is 10.7. The lowest BCUT2D eigenvalue weighted by Gasteiger charge is -2.18. The third-order valence-corrected chi connectivity index (χ3v) is 1.44. The maximum atomic E-state index is 11.2. The summed E-state index contributed by atoms with van der Waals surface area (Å²) in [4.78, 5) is 22.8. The molecular weight excluding hydrogens is 160 g/mol. The van der Waals surface area contributed by atoms with Gasteiger partial charge in [-0.25, -0.2) is 4.79 Å². The van der Waals surface area contributed by atoms with Crippen LogP contribution in [-0.2, 0) is 4.79 Å². The molecule has 0 aliphatic heterocycles. The van der Waals surface area contributed by atoms with Crippen LogP contribution in [-0.4, -0.2) is 42.1 Å². The highest BCUT2D eigenvalue weighted by molar-refractivity contribution is 5.84. The zero-order chi connectivity index (χ0) is 9.72. The van der Waals surface area contributed by atoms with E-state index in [4.69, 9.17) is 5.11 Å². The van der Waals surface area contributed by atoms with Gasteiger partial charge in [0.05, 0.1) is 0 Å². The summed E-state index contributed by atoms with van der Waals surface area (Å²) in [6.07, 6.45) is -0.708. The quantitative estimate of drug-likeness (QED) is 0.638. The molecule has 0 aromatic heterocycles. The van der Waals surface area contributed by atoms with Gasteiger partial charge in [-0.1, -0.05) is 6.92 Å². The van der Waals surface area contributed by atoms with Crippen LogP contribution in [0.1, 0.15) is 13.3 Å². The van der Waals surface area contributed by atoms with Crippen molar-refractivity contribution in [2.75, 3.05) is 14.1 Å². The van der Waals surface area contributed by atoms with Crippen molar-refractivity contribution in [3.05, 3.63) is 0 Å². The van der Waals surface area contributed by atoms with Crippen LogP contribution in [0.2, 0.25) is 0 Å². The third-order valence-electron chi connectivity index (χ3n) is 1.44. The highest BCUT2D eigenvalue weighted by atomic mass is 16.4. The number of carbonyl (C=O) groups is 2. The lowest BCUT2D eigenvalue weighted by atomic mass is 10.2. The lowest BCUT2D eigenvalue weighted by molar-refractivity contribution is -0.130. The minimum Gasteiger partial charge on any atom is -0.465 e. The van der Waals surface area contributed by atoms with E-state index in [1.807, 2.05) is 0 Å². The van der Waals surface area contributed by atoms with Crippen molar-refractivity contribution in [1.29, 1.82) is 0 Å². The Bertz CT molecular complexity index is 179. The Morgan fingerprint density at radius 1 is 1.50 bits per heavy atom. The first-order chi connectivity index (χ1) is 5.49. The van der Waals surface area contributed by atoms with Gasteiger partial charge >= 0.3 is 6.09 Å². The van der Waals surface area contributed by atoms with E-state index >= 15 is 0 Å². The molecule has 5 heteroatoms. The van der Waals surface area contributed by atoms with Crippen LogP contribution >= 0.6 is 0 Å². The van der Waals surface area contributed by atoms with E-state index in [0.29, 0.717) is 6.42 Å². The number of amides is 2. The van der Waals surface area contributed by atoms with Gasteiger partial charge in [-0.2, -0.15) is 0 Å². The molecule has 0 aliphatic rings. The molecule has 0 aromatic rings. The van der Waals surface area contributed by atoms with Crippen molar-refractivity contribution in [2.24, 2.45) is 0 Å². The summed E-state index contributed by atoms with van der Waals surface area (Å²) in [6.45, 7) is 1.75. The normalized spacial score (nSPS) is 11.9. The van der Waals surface area contributed by atoms with E-state index in [1.54, 1.807) is 21.0 Å². The maximum Gasteiger partial charge on any atom is 0.405 e. The van der Waals surface area contributed by atoms with Crippen LogP contribution in [0.4, 0.5) is 4.79 Å². The summed E-state index contributed by atoms with van der Waals surface area (Å²) < 4.78 is 0. The van der Waals surface area contributed by atoms with Crippen LogP contribution < -0.4 is 5.32 Å². The topological polar surface area (TPSA) is 69.6 Å². The molecule has 0 heterocycles. The molecule has 0 aliphatic carbocycles. The van der Waals surface area contributed by atoms with Gasteiger partial charge in [0.15, 0.2) is 0 Å². The van der Waals surface area contributed by atoms with Gasteiger partial charge in [0, 0.05) is 14.1 Å². The Balaban J connectivity index is 4.15. The molecule has 0 rings (SSSR count). The van der Waals surface area contributed by atoms with E-state index in [0.717, 1.165) is 0 Å². The second-order valence-corrected chi connectivity index (χ2v) is 2.64. The van der Waals surface area contributed by atoms with Gasteiger partial charge in [-0.05, 0) is 6.42 Å². The van der Waals surface area contributed by atoms with E-state index in [9.17, 15) is 9.59 Å². The SMILES string of the molecule is CCC(NC(=O)O)C(=O)N(C)C. The molecule has 0 spiro atoms. The summed E-state index contributed by atoms with van der Waals surface area (Å²) in [5.74, 6) is -0.222. The predicted molar refractivity (Wildman–Crippen MR) is 43.9 cm³/mol. The van der Waals surface area contributed by atoms with Gasteiger partial charge in [-0.15, -0.1) is 0 Å². The van der Waals surface area contributed by atoms with Crippen molar-refractivity contribution in [1.82, 2.24) is 10.2 Å². The Morgan fingerprint density at radius 2 is 2.00 bits per heavy atom. The zero-order valence-electron chi connectivity index (χ0n) is 7.50. The van der Waals surface area contributed by atoms with Crippen LogP contribution in [0.15, 0.2) is 0 Å². The summed E-state index contributed by atoms with van der Waals surface area (Å²) in [5.41, 5.74) is 0. The van der Waals surface area contributed by atoms with Gasteiger partial charge in [0.1, 0.15) is 6.04 Å². The lowest BCUT2D eigenvalue weighted by Crippen LogP contribution is -2.45. The van der Waals surface area contributed by atoms with Crippen molar-refractivity contribution in [3.8, 4) is 0 Å². The van der Waals surface area contributed by atoms with Crippen LogP contribution in [0.25, 0.3) is 0 Å². The van der Waals surface area contributed by atoms with Crippen molar-refractivity contribution < 1.29 is 14.7 Å². The Hall–Kier alpha value is -1.26. The van der Waals surface area contributed by atoms with E-state index in [-0.39, 0.29) is 5.91 Å². The molecule has 12 heavy (non-hydrogen) atoms. The molecular formula is C7H14N2O3. The van der Waals surface area contributed by atoms with Gasteiger partial charge < -0.3 is 15.3 Å². The first-order valence-corrected chi connectivity index (χ1v) is 3.69. The molecule has 0 fully saturated rings. The molecule has 5 nitrogen and oxygen atoms in total. The van der Waals surface area contributed by atoms with E-state index in [1.165, 1.54) is 4.90 Å². The van der Waals surface area contributed by atoms with Crippen molar-refractivity contribution in [3.63, 3.8) is 0 Å². The molecule has 0 saturated carbocycles. The summed E-state index contributed by atoms with van der Waals surface area (Å²) in [5, 5.41) is 10.5. The number of nitrogens with zero attached hydrogens (tertiary/aromatic N) is 1. The zero-order valence-corrected chi connectivity index (χ0v) is 7.50. The van der Waals surface area contributed by atoms with Crippen LogP contribution in [0.3, 0.4) is 0 Å². The number of hydrogen-bond donors (Lipinski definition) is 2. The number of nitrogens with one attached hydrogen (secondary N) is 1. The Morgan fingerprint density at radius 3 is 2.25 bits per heavy atom. The number of rotatable bonds is 3. The fraction of sp³-hybridized carbons (Fsp3) is 0.714. The smallest absolute Gasteiger partial charge is 0.405 e. The fourth-order valence-corrected chi connectivity index (χ4v) is 0.799. The molecule has 2 N–H and O–H groups in total. The first-order valence-electron chi connectivity index (χ1n) is 3.69. The molecule has 0 aromatic carbocycles. The van der Waals surface area contributed by atoms with Gasteiger partial charge in [0.25, 0.3) is 0 Å². The molecule has 0 bridgehead atoms. The average Bonchev–Trinajstić information content (AvgIpc) is 1.98. The van der Waals surface area contributed by atoms with Crippen LogP contribution in [0.5, 0.6) is 0 Å². The van der Waals surface area contributed by atoms with Gasteiger partial charge in [-0.3, -0.25) is 4.79 Å². The second kappa shape index (κ2) is 4.58. The minimum atomic E-state index is -1.17. The highest BCUT2D eigenvalue weighted by Crippen LogP contribution is 1.94. The molecule has 1 unspecified atom stereocenters. The number of carbonyl (C=O) groups excluding carboxylic acids is 1. The minimum absolute atomic E-state index is 0.222. The number of carboxylic acid groups (broad SMARTS) is 1. The molecule has 2 amide bonds.